The minimum Gasteiger partial charge on any atom is -0.342 e. The van der Waals surface area contributed by atoms with Crippen LogP contribution in [-0.2, 0) is 4.79 Å². The molecule has 0 aliphatic carbocycles. The maximum absolute atomic E-state index is 14.0. The molecule has 142 valence electrons. The van der Waals surface area contributed by atoms with Crippen molar-refractivity contribution in [2.45, 2.75) is 45.4 Å². The Kier molecular flexibility index (Phi) is 5.58. The van der Waals surface area contributed by atoms with Gasteiger partial charge in [0.1, 0.15) is 11.6 Å². The summed E-state index contributed by atoms with van der Waals surface area (Å²) < 4.78 is 27.4. The molecule has 1 spiro atoms. The van der Waals surface area contributed by atoms with Crippen LogP contribution in [0.3, 0.4) is 0 Å². The Morgan fingerprint density at radius 3 is 2.81 bits per heavy atom. The fourth-order valence-electron chi connectivity index (χ4n) is 4.20. The minimum atomic E-state index is -0.695. The molecular weight excluding hydrogens is 338 g/mol. The van der Waals surface area contributed by atoms with Crippen LogP contribution in [0.5, 0.6) is 0 Å². The minimum absolute atomic E-state index is 0.126. The zero-order valence-corrected chi connectivity index (χ0v) is 15.3. The molecule has 2 fully saturated rings. The molecule has 2 aliphatic heterocycles. The lowest BCUT2D eigenvalue weighted by Gasteiger charge is -2.48. The third-order valence-electron chi connectivity index (χ3n) is 5.64. The average molecular weight is 364 g/mol. The van der Waals surface area contributed by atoms with Crippen molar-refractivity contribution in [1.82, 2.24) is 9.80 Å². The number of hydrogen-bond donors (Lipinski definition) is 0. The second kappa shape index (κ2) is 7.72. The Morgan fingerprint density at radius 2 is 2.04 bits per heavy atom. The van der Waals surface area contributed by atoms with Crippen LogP contribution in [0.2, 0.25) is 0 Å². The van der Waals surface area contributed by atoms with Crippen molar-refractivity contribution in [2.24, 2.45) is 5.41 Å². The Balaban J connectivity index is 1.75. The maximum atomic E-state index is 14.0. The number of carbonyl (C=O) groups is 2. The third kappa shape index (κ3) is 3.89. The van der Waals surface area contributed by atoms with Crippen molar-refractivity contribution < 1.29 is 18.4 Å². The number of rotatable bonds is 4. The van der Waals surface area contributed by atoms with E-state index in [9.17, 15) is 18.4 Å². The van der Waals surface area contributed by atoms with Gasteiger partial charge in [-0.1, -0.05) is 13.3 Å². The van der Waals surface area contributed by atoms with Crippen LogP contribution in [0, 0.1) is 17.0 Å². The molecule has 1 unspecified atom stereocenters. The van der Waals surface area contributed by atoms with Crippen LogP contribution in [0.1, 0.15) is 55.8 Å². The van der Waals surface area contributed by atoms with Gasteiger partial charge in [0.15, 0.2) is 0 Å². The molecule has 2 saturated heterocycles. The summed E-state index contributed by atoms with van der Waals surface area (Å²) in [7, 11) is 0. The van der Waals surface area contributed by atoms with Crippen molar-refractivity contribution in [2.75, 3.05) is 26.2 Å². The molecule has 1 atom stereocenters. The quantitative estimate of drug-likeness (QED) is 0.819. The van der Waals surface area contributed by atoms with Crippen molar-refractivity contribution >= 4 is 11.8 Å². The van der Waals surface area contributed by atoms with Crippen LogP contribution >= 0.6 is 0 Å². The summed E-state index contributed by atoms with van der Waals surface area (Å²) in [4.78, 5) is 28.5. The van der Waals surface area contributed by atoms with Gasteiger partial charge < -0.3 is 9.80 Å². The molecule has 0 N–H and O–H groups in total. The van der Waals surface area contributed by atoms with Crippen LogP contribution in [0.25, 0.3) is 0 Å². The van der Waals surface area contributed by atoms with Crippen molar-refractivity contribution in [3.05, 3.63) is 35.4 Å². The van der Waals surface area contributed by atoms with E-state index in [2.05, 4.69) is 6.92 Å². The normalized spacial score (nSPS) is 23.6. The summed E-state index contributed by atoms with van der Waals surface area (Å²) in [5.74, 6) is -1.59. The van der Waals surface area contributed by atoms with Gasteiger partial charge in [0, 0.05) is 38.0 Å². The molecule has 1 aromatic rings. The first-order valence-corrected chi connectivity index (χ1v) is 9.46. The first kappa shape index (κ1) is 18.8. The Labute approximate surface area is 153 Å². The average Bonchev–Trinajstić information content (AvgIpc) is 2.64. The van der Waals surface area contributed by atoms with Crippen molar-refractivity contribution in [3.8, 4) is 0 Å². The fraction of sp³-hybridized carbons (Fsp3) is 0.600. The van der Waals surface area contributed by atoms with Gasteiger partial charge in [-0.15, -0.1) is 0 Å². The summed E-state index contributed by atoms with van der Waals surface area (Å²) in [5.41, 5.74) is -0.337. The number of nitrogens with zero attached hydrogens (tertiary/aromatic N) is 2. The van der Waals surface area contributed by atoms with Crippen LogP contribution in [0.15, 0.2) is 18.2 Å². The van der Waals surface area contributed by atoms with Gasteiger partial charge in [0.05, 0.1) is 5.56 Å². The summed E-state index contributed by atoms with van der Waals surface area (Å²) in [5, 5.41) is 0. The molecule has 2 aliphatic rings. The highest BCUT2D eigenvalue weighted by Crippen LogP contribution is 2.39. The van der Waals surface area contributed by atoms with Gasteiger partial charge in [-0.3, -0.25) is 9.59 Å². The topological polar surface area (TPSA) is 40.6 Å². The number of benzene rings is 1. The van der Waals surface area contributed by atoms with E-state index in [0.29, 0.717) is 26.1 Å². The molecule has 0 saturated carbocycles. The monoisotopic (exact) mass is 364 g/mol. The number of likely N-dealkylation sites (tertiary alicyclic amines) is 2. The smallest absolute Gasteiger partial charge is 0.256 e. The molecular formula is C20H26F2N2O2. The van der Waals surface area contributed by atoms with Crippen molar-refractivity contribution in [1.29, 1.82) is 0 Å². The lowest BCUT2D eigenvalue weighted by atomic mass is 9.73. The number of amides is 2. The van der Waals surface area contributed by atoms with Gasteiger partial charge in [-0.2, -0.15) is 0 Å². The van der Waals surface area contributed by atoms with Gasteiger partial charge in [0.2, 0.25) is 5.91 Å². The third-order valence-corrected chi connectivity index (χ3v) is 5.64. The first-order chi connectivity index (χ1) is 12.4. The lowest BCUT2D eigenvalue weighted by Crippen LogP contribution is -2.55. The molecule has 2 amide bonds. The van der Waals surface area contributed by atoms with Gasteiger partial charge in [-0.25, -0.2) is 8.78 Å². The highest BCUT2D eigenvalue weighted by molar-refractivity contribution is 5.94. The van der Waals surface area contributed by atoms with Crippen LogP contribution in [-0.4, -0.2) is 47.8 Å². The van der Waals surface area contributed by atoms with Gasteiger partial charge >= 0.3 is 0 Å². The van der Waals surface area contributed by atoms with E-state index >= 15 is 0 Å². The largest absolute Gasteiger partial charge is 0.342 e. The first-order valence-electron chi connectivity index (χ1n) is 9.46. The van der Waals surface area contributed by atoms with E-state index < -0.39 is 17.5 Å². The molecule has 4 nitrogen and oxygen atoms in total. The standard InChI is InChI=1S/C20H26F2N2O2/c1-2-3-10-23-13-20(9-7-18(23)25)8-4-11-24(14-20)19(26)16-12-15(21)5-6-17(16)22/h5-6,12H,2-4,7-11,13-14H2,1H3. The molecule has 26 heavy (non-hydrogen) atoms. The zero-order chi connectivity index (χ0) is 18.7. The maximum Gasteiger partial charge on any atom is 0.256 e. The van der Waals surface area contributed by atoms with E-state index in [4.69, 9.17) is 0 Å². The second-order valence-corrected chi connectivity index (χ2v) is 7.62. The van der Waals surface area contributed by atoms with E-state index in [1.807, 2.05) is 4.90 Å². The van der Waals surface area contributed by atoms with Crippen LogP contribution in [0.4, 0.5) is 8.78 Å². The predicted octanol–water partition coefficient (Wildman–Crippen LogP) is 3.61. The summed E-state index contributed by atoms with van der Waals surface area (Å²) in [6.45, 7) is 4.54. The van der Waals surface area contributed by atoms with Gasteiger partial charge in [-0.05, 0) is 43.9 Å². The van der Waals surface area contributed by atoms with Crippen LogP contribution < -0.4 is 0 Å². The van der Waals surface area contributed by atoms with E-state index in [1.54, 1.807) is 4.90 Å². The molecule has 3 rings (SSSR count). The molecule has 0 aromatic heterocycles. The lowest BCUT2D eigenvalue weighted by molar-refractivity contribution is -0.139. The molecule has 0 radical (unpaired) electrons. The Hall–Kier alpha value is -1.98. The predicted molar refractivity (Wildman–Crippen MR) is 94.7 cm³/mol. The Bertz CT molecular complexity index is 694. The molecule has 0 bridgehead atoms. The molecule has 2 heterocycles. The number of piperidine rings is 2. The Morgan fingerprint density at radius 1 is 1.23 bits per heavy atom. The van der Waals surface area contributed by atoms with Gasteiger partial charge in [0.25, 0.3) is 5.91 Å². The highest BCUT2D eigenvalue weighted by atomic mass is 19.1. The number of carbonyl (C=O) groups excluding carboxylic acids is 2. The molecule has 1 aromatic carbocycles. The SMILES string of the molecule is CCCCN1CC2(CCCN(C(=O)c3cc(F)ccc3F)C2)CCC1=O. The van der Waals surface area contributed by atoms with Crippen molar-refractivity contribution in [3.63, 3.8) is 0 Å². The number of hydrogen-bond acceptors (Lipinski definition) is 2. The van der Waals surface area contributed by atoms with E-state index in [0.717, 1.165) is 56.8 Å². The molecule has 6 heteroatoms. The summed E-state index contributed by atoms with van der Waals surface area (Å²) >= 11 is 0. The second-order valence-electron chi connectivity index (χ2n) is 7.62. The van der Waals surface area contributed by atoms with E-state index in [-0.39, 0.29) is 16.9 Å². The number of unbranched alkanes of at least 4 members (excludes halogenated alkanes) is 1. The zero-order valence-electron chi connectivity index (χ0n) is 15.3. The summed E-state index contributed by atoms with van der Waals surface area (Å²) in [6, 6.07) is 2.98. The van der Waals surface area contributed by atoms with E-state index in [1.165, 1.54) is 0 Å². The summed E-state index contributed by atoms with van der Waals surface area (Å²) in [6.07, 6.45) is 5.03. The number of halogens is 2. The highest BCUT2D eigenvalue weighted by Gasteiger charge is 2.42. The fourth-order valence-corrected chi connectivity index (χ4v) is 4.20.